The van der Waals surface area contributed by atoms with Gasteiger partial charge in [-0.3, -0.25) is 4.79 Å². The SMILES string of the molecule is NC(=S)C1(C(=O)Nc2ccc(F)cc2F)CC1. The minimum atomic E-state index is -0.851. The van der Waals surface area contributed by atoms with E-state index < -0.39 is 23.0 Å². The number of nitrogens with one attached hydrogen (secondary N) is 1. The first-order valence-corrected chi connectivity index (χ1v) is 5.43. The highest BCUT2D eigenvalue weighted by molar-refractivity contribution is 7.80. The van der Waals surface area contributed by atoms with Crippen LogP contribution in [0.25, 0.3) is 0 Å². The number of anilines is 1. The van der Waals surface area contributed by atoms with E-state index in [1.807, 2.05) is 0 Å². The second-order valence-electron chi connectivity index (χ2n) is 4.02. The summed E-state index contributed by atoms with van der Waals surface area (Å²) in [6, 6.07) is 2.94. The second-order valence-corrected chi connectivity index (χ2v) is 4.46. The Labute approximate surface area is 102 Å². The predicted octanol–water partition coefficient (Wildman–Crippen LogP) is 1.97. The van der Waals surface area contributed by atoms with E-state index in [0.717, 1.165) is 12.1 Å². The number of thiocarbonyl (C=S) groups is 1. The van der Waals surface area contributed by atoms with E-state index in [4.69, 9.17) is 18.0 Å². The summed E-state index contributed by atoms with van der Waals surface area (Å²) in [6.45, 7) is 0. The van der Waals surface area contributed by atoms with Crippen LogP contribution in [0.2, 0.25) is 0 Å². The molecule has 1 aromatic carbocycles. The summed E-state index contributed by atoms with van der Waals surface area (Å²) >= 11 is 4.80. The van der Waals surface area contributed by atoms with E-state index in [-0.39, 0.29) is 10.7 Å². The lowest BCUT2D eigenvalue weighted by atomic mass is 10.1. The number of rotatable bonds is 3. The van der Waals surface area contributed by atoms with Gasteiger partial charge in [-0.2, -0.15) is 0 Å². The largest absolute Gasteiger partial charge is 0.392 e. The zero-order chi connectivity index (χ0) is 12.6. The number of carbonyl (C=O) groups excluding carboxylic acids is 1. The number of amides is 1. The van der Waals surface area contributed by atoms with Gasteiger partial charge in [0.2, 0.25) is 5.91 Å². The molecular weight excluding hydrogens is 246 g/mol. The average Bonchev–Trinajstić information content (AvgIpc) is 3.02. The smallest absolute Gasteiger partial charge is 0.237 e. The highest BCUT2D eigenvalue weighted by Gasteiger charge is 2.52. The maximum Gasteiger partial charge on any atom is 0.237 e. The molecule has 0 heterocycles. The summed E-state index contributed by atoms with van der Waals surface area (Å²) in [7, 11) is 0. The zero-order valence-corrected chi connectivity index (χ0v) is 9.61. The lowest BCUT2D eigenvalue weighted by Gasteiger charge is -2.13. The molecule has 1 fully saturated rings. The Morgan fingerprint density at radius 2 is 2.06 bits per heavy atom. The summed E-state index contributed by atoms with van der Waals surface area (Å²) in [5, 5.41) is 2.37. The van der Waals surface area contributed by atoms with Gasteiger partial charge in [-0.15, -0.1) is 0 Å². The molecule has 1 aliphatic rings. The second kappa shape index (κ2) is 4.03. The Balaban J connectivity index is 2.17. The maximum absolute atomic E-state index is 13.3. The van der Waals surface area contributed by atoms with Crippen molar-refractivity contribution in [3.63, 3.8) is 0 Å². The van der Waals surface area contributed by atoms with Gasteiger partial charge in [0, 0.05) is 6.07 Å². The Morgan fingerprint density at radius 1 is 1.41 bits per heavy atom. The Morgan fingerprint density at radius 3 is 2.53 bits per heavy atom. The van der Waals surface area contributed by atoms with E-state index in [2.05, 4.69) is 5.32 Å². The summed E-state index contributed by atoms with van der Waals surface area (Å²) in [5.74, 6) is -1.96. The van der Waals surface area contributed by atoms with Crippen LogP contribution in [0.4, 0.5) is 14.5 Å². The Bertz CT molecular complexity index is 500. The highest BCUT2D eigenvalue weighted by atomic mass is 32.1. The topological polar surface area (TPSA) is 55.1 Å². The molecule has 1 aromatic rings. The number of nitrogens with two attached hydrogens (primary N) is 1. The van der Waals surface area contributed by atoms with E-state index in [9.17, 15) is 13.6 Å². The molecule has 1 saturated carbocycles. The quantitative estimate of drug-likeness (QED) is 0.813. The average molecular weight is 256 g/mol. The molecule has 0 saturated heterocycles. The number of hydrogen-bond acceptors (Lipinski definition) is 2. The van der Waals surface area contributed by atoms with Gasteiger partial charge in [-0.1, -0.05) is 12.2 Å². The van der Waals surface area contributed by atoms with Crippen molar-refractivity contribution < 1.29 is 13.6 Å². The molecule has 90 valence electrons. The van der Waals surface area contributed by atoms with Crippen LogP contribution < -0.4 is 11.1 Å². The maximum atomic E-state index is 13.3. The van der Waals surface area contributed by atoms with E-state index in [1.165, 1.54) is 0 Å². The van der Waals surface area contributed by atoms with Crippen LogP contribution in [-0.2, 0) is 4.79 Å². The number of carbonyl (C=O) groups is 1. The van der Waals surface area contributed by atoms with Crippen LogP contribution in [0.1, 0.15) is 12.8 Å². The van der Waals surface area contributed by atoms with E-state index >= 15 is 0 Å². The molecule has 17 heavy (non-hydrogen) atoms. The Kier molecular flexibility index (Phi) is 2.82. The van der Waals surface area contributed by atoms with Crippen LogP contribution in [0.3, 0.4) is 0 Å². The molecule has 0 radical (unpaired) electrons. The molecule has 0 spiro atoms. The third-order valence-corrected chi connectivity index (χ3v) is 3.23. The third kappa shape index (κ3) is 2.12. The first kappa shape index (κ1) is 11.9. The van der Waals surface area contributed by atoms with Crippen molar-refractivity contribution in [3.8, 4) is 0 Å². The Hall–Kier alpha value is -1.56. The van der Waals surface area contributed by atoms with Gasteiger partial charge in [0.1, 0.15) is 11.6 Å². The fourth-order valence-electron chi connectivity index (χ4n) is 1.54. The molecule has 3 N–H and O–H groups in total. The monoisotopic (exact) mass is 256 g/mol. The van der Waals surface area contributed by atoms with Crippen LogP contribution in [0, 0.1) is 17.0 Å². The fourth-order valence-corrected chi connectivity index (χ4v) is 1.84. The predicted molar refractivity (Wildman–Crippen MR) is 63.4 cm³/mol. The van der Waals surface area contributed by atoms with E-state index in [0.29, 0.717) is 18.9 Å². The molecular formula is C11H10F2N2OS. The summed E-state index contributed by atoms with van der Waals surface area (Å²) in [5.41, 5.74) is 4.54. The van der Waals surface area contributed by atoms with Gasteiger partial charge < -0.3 is 11.1 Å². The van der Waals surface area contributed by atoms with Crippen molar-refractivity contribution >= 4 is 28.8 Å². The van der Waals surface area contributed by atoms with Gasteiger partial charge >= 0.3 is 0 Å². The minimum Gasteiger partial charge on any atom is -0.392 e. The van der Waals surface area contributed by atoms with Crippen LogP contribution in [-0.4, -0.2) is 10.9 Å². The molecule has 0 unspecified atom stereocenters. The van der Waals surface area contributed by atoms with E-state index in [1.54, 1.807) is 0 Å². The van der Waals surface area contributed by atoms with Gasteiger partial charge in [0.05, 0.1) is 16.1 Å². The first-order valence-electron chi connectivity index (χ1n) is 5.02. The van der Waals surface area contributed by atoms with Crippen molar-refractivity contribution in [3.05, 3.63) is 29.8 Å². The number of halogens is 2. The van der Waals surface area contributed by atoms with Crippen molar-refractivity contribution in [1.29, 1.82) is 0 Å². The lowest BCUT2D eigenvalue weighted by molar-refractivity contribution is -0.118. The molecule has 1 aliphatic carbocycles. The number of hydrogen-bond donors (Lipinski definition) is 2. The first-order chi connectivity index (χ1) is 7.95. The molecule has 0 aromatic heterocycles. The summed E-state index contributed by atoms with van der Waals surface area (Å²) in [4.78, 5) is 11.9. The normalized spacial score (nSPS) is 16.4. The van der Waals surface area contributed by atoms with Crippen molar-refractivity contribution in [2.24, 2.45) is 11.1 Å². The molecule has 0 aliphatic heterocycles. The zero-order valence-electron chi connectivity index (χ0n) is 8.80. The van der Waals surface area contributed by atoms with Gasteiger partial charge in [0.25, 0.3) is 0 Å². The lowest BCUT2D eigenvalue weighted by Crippen LogP contribution is -2.35. The standard InChI is InChI=1S/C11H10F2N2OS/c12-6-1-2-8(7(13)5-6)15-10(16)11(3-4-11)9(14)17/h1-2,5H,3-4H2,(H2,14,17)(H,15,16). The number of benzene rings is 1. The summed E-state index contributed by atoms with van der Waals surface area (Å²) in [6.07, 6.45) is 1.13. The van der Waals surface area contributed by atoms with Crippen molar-refractivity contribution in [2.75, 3.05) is 5.32 Å². The van der Waals surface area contributed by atoms with Gasteiger partial charge in [0.15, 0.2) is 0 Å². The summed E-state index contributed by atoms with van der Waals surface area (Å²) < 4.78 is 26.0. The molecule has 3 nitrogen and oxygen atoms in total. The third-order valence-electron chi connectivity index (χ3n) is 2.84. The van der Waals surface area contributed by atoms with Gasteiger partial charge in [-0.05, 0) is 25.0 Å². The highest BCUT2D eigenvalue weighted by Crippen LogP contribution is 2.46. The van der Waals surface area contributed by atoms with Gasteiger partial charge in [-0.25, -0.2) is 8.78 Å². The van der Waals surface area contributed by atoms with Crippen LogP contribution >= 0.6 is 12.2 Å². The molecule has 1 amide bonds. The van der Waals surface area contributed by atoms with Crippen molar-refractivity contribution in [2.45, 2.75) is 12.8 Å². The van der Waals surface area contributed by atoms with Crippen LogP contribution in [0.5, 0.6) is 0 Å². The molecule has 2 rings (SSSR count). The minimum absolute atomic E-state index is 0.0704. The fraction of sp³-hybridized carbons (Fsp3) is 0.273. The molecule has 0 bridgehead atoms. The van der Waals surface area contributed by atoms with Crippen LogP contribution in [0.15, 0.2) is 18.2 Å². The van der Waals surface area contributed by atoms with Crippen molar-refractivity contribution in [1.82, 2.24) is 0 Å². The molecule has 0 atom stereocenters. The molecule has 6 heteroatoms.